The van der Waals surface area contributed by atoms with Gasteiger partial charge in [-0.05, 0) is 34.1 Å². The minimum absolute atomic E-state index is 0.0434. The van der Waals surface area contributed by atoms with Crippen LogP contribution in [0.1, 0.15) is 10.4 Å². The first-order valence-electron chi connectivity index (χ1n) is 5.81. The number of nitrogens with one attached hydrogen (secondary N) is 1. The van der Waals surface area contributed by atoms with Gasteiger partial charge in [0.2, 0.25) is 0 Å². The standard InChI is InChI=1S/C14H11BrF2N2O2/c1-21-7-2-3-8(12(18)4-7)14(20)19-13-5-9(15)10(16)6-11(13)17/h2-6H,18H2,1H3,(H,19,20). The molecule has 0 heterocycles. The minimum Gasteiger partial charge on any atom is -0.497 e. The number of methoxy groups -OCH3 is 1. The van der Waals surface area contributed by atoms with Crippen LogP contribution in [-0.2, 0) is 0 Å². The van der Waals surface area contributed by atoms with Crippen LogP contribution in [0.2, 0.25) is 0 Å². The van der Waals surface area contributed by atoms with E-state index in [1.807, 2.05) is 0 Å². The van der Waals surface area contributed by atoms with Crippen molar-refractivity contribution in [2.45, 2.75) is 0 Å². The van der Waals surface area contributed by atoms with E-state index >= 15 is 0 Å². The third kappa shape index (κ3) is 3.30. The second-order valence-corrected chi connectivity index (χ2v) is 5.01. The molecule has 110 valence electrons. The quantitative estimate of drug-likeness (QED) is 0.652. The number of nitrogen functional groups attached to an aromatic ring is 1. The van der Waals surface area contributed by atoms with Crippen molar-refractivity contribution in [1.29, 1.82) is 0 Å². The molecule has 0 aliphatic rings. The largest absolute Gasteiger partial charge is 0.497 e. The lowest BCUT2D eigenvalue weighted by Gasteiger charge is -2.10. The average Bonchev–Trinajstić information content (AvgIpc) is 2.44. The van der Waals surface area contributed by atoms with E-state index in [9.17, 15) is 13.6 Å². The van der Waals surface area contributed by atoms with Gasteiger partial charge >= 0.3 is 0 Å². The number of halogens is 3. The number of carbonyl (C=O) groups is 1. The lowest BCUT2D eigenvalue weighted by Crippen LogP contribution is -2.15. The Morgan fingerprint density at radius 3 is 2.57 bits per heavy atom. The molecule has 1 amide bonds. The summed E-state index contributed by atoms with van der Waals surface area (Å²) in [5.74, 6) is -1.74. The smallest absolute Gasteiger partial charge is 0.257 e. The summed E-state index contributed by atoms with van der Waals surface area (Å²) in [6.45, 7) is 0. The molecule has 0 aromatic heterocycles. The van der Waals surface area contributed by atoms with Gasteiger partial charge in [-0.15, -0.1) is 0 Å². The van der Waals surface area contributed by atoms with Crippen molar-refractivity contribution < 1.29 is 18.3 Å². The van der Waals surface area contributed by atoms with E-state index in [1.54, 1.807) is 6.07 Å². The summed E-state index contributed by atoms with van der Waals surface area (Å²) >= 11 is 2.93. The Labute approximate surface area is 128 Å². The van der Waals surface area contributed by atoms with Crippen LogP contribution in [0.15, 0.2) is 34.8 Å². The Hall–Kier alpha value is -2.15. The molecule has 21 heavy (non-hydrogen) atoms. The molecule has 0 aliphatic carbocycles. The van der Waals surface area contributed by atoms with Gasteiger partial charge in [0.25, 0.3) is 5.91 Å². The van der Waals surface area contributed by atoms with Gasteiger partial charge < -0.3 is 15.8 Å². The van der Waals surface area contributed by atoms with E-state index in [-0.39, 0.29) is 21.4 Å². The number of anilines is 2. The Morgan fingerprint density at radius 1 is 1.24 bits per heavy atom. The van der Waals surface area contributed by atoms with E-state index in [2.05, 4.69) is 21.2 Å². The molecule has 0 saturated carbocycles. The van der Waals surface area contributed by atoms with Crippen LogP contribution < -0.4 is 15.8 Å². The monoisotopic (exact) mass is 356 g/mol. The molecule has 0 spiro atoms. The van der Waals surface area contributed by atoms with Crippen molar-refractivity contribution in [2.24, 2.45) is 0 Å². The van der Waals surface area contributed by atoms with Gasteiger partial charge in [0.15, 0.2) is 0 Å². The zero-order chi connectivity index (χ0) is 15.6. The highest BCUT2D eigenvalue weighted by Gasteiger charge is 2.14. The number of hydrogen-bond acceptors (Lipinski definition) is 3. The number of benzene rings is 2. The minimum atomic E-state index is -0.879. The summed E-state index contributed by atoms with van der Waals surface area (Å²) in [4.78, 5) is 12.1. The van der Waals surface area contributed by atoms with Crippen LogP contribution in [0.25, 0.3) is 0 Å². The third-order valence-electron chi connectivity index (χ3n) is 2.76. The molecule has 0 atom stereocenters. The van der Waals surface area contributed by atoms with Crippen molar-refractivity contribution in [1.82, 2.24) is 0 Å². The fourth-order valence-electron chi connectivity index (χ4n) is 1.68. The molecule has 2 rings (SSSR count). The SMILES string of the molecule is COc1ccc(C(=O)Nc2cc(Br)c(F)cc2F)c(N)c1. The molecule has 0 radical (unpaired) electrons. The van der Waals surface area contributed by atoms with E-state index in [0.717, 1.165) is 6.07 Å². The molecule has 0 bridgehead atoms. The van der Waals surface area contributed by atoms with Crippen molar-refractivity contribution in [2.75, 3.05) is 18.2 Å². The number of nitrogens with two attached hydrogens (primary N) is 1. The van der Waals surface area contributed by atoms with Crippen LogP contribution in [0, 0.1) is 11.6 Å². The molecule has 0 saturated heterocycles. The third-order valence-corrected chi connectivity index (χ3v) is 3.37. The van der Waals surface area contributed by atoms with Crippen molar-refractivity contribution in [3.05, 3.63) is 52.0 Å². The first-order valence-corrected chi connectivity index (χ1v) is 6.61. The summed E-state index contributed by atoms with van der Waals surface area (Å²) in [6, 6.07) is 6.31. The summed E-state index contributed by atoms with van der Waals surface area (Å²) < 4.78 is 31.8. The fourth-order valence-corrected chi connectivity index (χ4v) is 2.03. The average molecular weight is 357 g/mol. The van der Waals surface area contributed by atoms with Crippen LogP contribution in [0.5, 0.6) is 5.75 Å². The summed E-state index contributed by atoms with van der Waals surface area (Å²) in [5, 5.41) is 2.34. The molecule has 2 aromatic rings. The van der Waals surface area contributed by atoms with Gasteiger partial charge in [0.05, 0.1) is 22.8 Å². The molecule has 0 unspecified atom stereocenters. The molecule has 0 aliphatic heterocycles. The molecule has 7 heteroatoms. The van der Waals surface area contributed by atoms with Gasteiger partial charge in [-0.2, -0.15) is 0 Å². The zero-order valence-electron chi connectivity index (χ0n) is 10.9. The van der Waals surface area contributed by atoms with Gasteiger partial charge in [-0.25, -0.2) is 8.78 Å². The Kier molecular flexibility index (Phi) is 4.42. The number of hydrogen-bond donors (Lipinski definition) is 2. The highest BCUT2D eigenvalue weighted by Crippen LogP contribution is 2.25. The zero-order valence-corrected chi connectivity index (χ0v) is 12.5. The topological polar surface area (TPSA) is 64.3 Å². The van der Waals surface area contributed by atoms with E-state index in [4.69, 9.17) is 10.5 Å². The van der Waals surface area contributed by atoms with Crippen molar-refractivity contribution >= 4 is 33.2 Å². The normalized spacial score (nSPS) is 10.3. The van der Waals surface area contributed by atoms with Crippen molar-refractivity contribution in [3.63, 3.8) is 0 Å². The molecule has 2 aromatic carbocycles. The Morgan fingerprint density at radius 2 is 1.95 bits per heavy atom. The van der Waals surface area contributed by atoms with E-state index in [0.29, 0.717) is 11.8 Å². The first-order chi connectivity index (χ1) is 9.92. The van der Waals surface area contributed by atoms with Crippen LogP contribution >= 0.6 is 15.9 Å². The number of ether oxygens (including phenoxy) is 1. The lowest BCUT2D eigenvalue weighted by atomic mass is 10.1. The Bertz CT molecular complexity index is 708. The highest BCUT2D eigenvalue weighted by atomic mass is 79.9. The first kappa shape index (κ1) is 15.2. The molecular formula is C14H11BrF2N2O2. The maximum atomic E-state index is 13.6. The van der Waals surface area contributed by atoms with E-state index in [1.165, 1.54) is 19.2 Å². The summed E-state index contributed by atoms with van der Waals surface area (Å²) in [5.41, 5.74) is 5.94. The lowest BCUT2D eigenvalue weighted by molar-refractivity contribution is 0.102. The molecule has 3 N–H and O–H groups in total. The molecular weight excluding hydrogens is 346 g/mol. The second-order valence-electron chi connectivity index (χ2n) is 4.15. The molecule has 4 nitrogen and oxygen atoms in total. The van der Waals surface area contributed by atoms with Gasteiger partial charge in [0, 0.05) is 17.8 Å². The second kappa shape index (κ2) is 6.09. The summed E-state index contributed by atoms with van der Waals surface area (Å²) in [7, 11) is 1.47. The maximum Gasteiger partial charge on any atom is 0.257 e. The van der Waals surface area contributed by atoms with E-state index < -0.39 is 17.5 Å². The fraction of sp³-hybridized carbons (Fsp3) is 0.0714. The maximum absolute atomic E-state index is 13.6. The predicted octanol–water partition coefficient (Wildman–Crippen LogP) is 3.57. The predicted molar refractivity (Wildman–Crippen MR) is 79.4 cm³/mol. The Balaban J connectivity index is 2.28. The number of rotatable bonds is 3. The van der Waals surface area contributed by atoms with Gasteiger partial charge in [-0.1, -0.05) is 0 Å². The van der Waals surface area contributed by atoms with Crippen LogP contribution in [0.4, 0.5) is 20.2 Å². The van der Waals surface area contributed by atoms with Gasteiger partial charge in [-0.3, -0.25) is 4.79 Å². The van der Waals surface area contributed by atoms with Crippen molar-refractivity contribution in [3.8, 4) is 5.75 Å². The highest BCUT2D eigenvalue weighted by molar-refractivity contribution is 9.10. The summed E-state index contributed by atoms with van der Waals surface area (Å²) in [6.07, 6.45) is 0. The molecule has 0 fully saturated rings. The van der Waals surface area contributed by atoms with Crippen LogP contribution in [-0.4, -0.2) is 13.0 Å². The number of amides is 1. The number of carbonyl (C=O) groups excluding carboxylic acids is 1. The van der Waals surface area contributed by atoms with Crippen LogP contribution in [0.3, 0.4) is 0 Å². The van der Waals surface area contributed by atoms with Gasteiger partial charge in [0.1, 0.15) is 17.4 Å².